The number of methoxy groups -OCH3 is 3. The summed E-state index contributed by atoms with van der Waals surface area (Å²) < 4.78 is 28.6. The Bertz CT molecular complexity index is 1950. The van der Waals surface area contributed by atoms with Gasteiger partial charge in [-0.15, -0.1) is 0 Å². The van der Waals surface area contributed by atoms with Crippen LogP contribution in [0.2, 0.25) is 0 Å². The summed E-state index contributed by atoms with van der Waals surface area (Å²) in [6.45, 7) is 13.6. The number of hydrogen-bond acceptors (Lipinski definition) is 13. The van der Waals surface area contributed by atoms with Gasteiger partial charge in [0.05, 0.1) is 31.0 Å². The van der Waals surface area contributed by atoms with Gasteiger partial charge in [0.1, 0.15) is 18.2 Å². The number of carbonyl (C=O) groups is 5. The molecule has 2 aliphatic heterocycles. The molecule has 1 amide bonds. The largest absolute Gasteiger partial charge is 0.464 e. The monoisotopic (exact) mass is 1040 g/mol. The molecule has 2 saturated carbocycles. The van der Waals surface area contributed by atoms with E-state index in [0.717, 1.165) is 44.1 Å². The van der Waals surface area contributed by atoms with Crippen LogP contribution >= 0.6 is 0 Å². The Balaban J connectivity index is 1.24. The van der Waals surface area contributed by atoms with Crippen molar-refractivity contribution in [1.29, 1.82) is 0 Å². The molecule has 3 N–H and O–H groups in total. The smallest absolute Gasteiger partial charge is 0.328 e. The zero-order chi connectivity index (χ0) is 54.5. The first-order valence-corrected chi connectivity index (χ1v) is 28.1. The molecule has 2 heterocycles. The highest BCUT2D eigenvalue weighted by atomic mass is 16.6. The highest BCUT2D eigenvalue weighted by Crippen LogP contribution is 2.37. The lowest BCUT2D eigenvalue weighted by Gasteiger charge is -2.42. The lowest BCUT2D eigenvalue weighted by atomic mass is 9.80. The minimum absolute atomic E-state index is 0.0223. The van der Waals surface area contributed by atoms with E-state index in [-0.39, 0.29) is 42.7 Å². The highest BCUT2D eigenvalue weighted by molar-refractivity contribution is 6.39. The van der Waals surface area contributed by atoms with Gasteiger partial charge in [0.2, 0.25) is 5.79 Å². The Morgan fingerprint density at radius 1 is 0.797 bits per heavy atom. The van der Waals surface area contributed by atoms with Crippen molar-refractivity contribution in [2.45, 2.75) is 212 Å². The second-order valence-corrected chi connectivity index (χ2v) is 22.5. The number of ketones is 3. The van der Waals surface area contributed by atoms with E-state index < -0.39 is 77.8 Å². The van der Waals surface area contributed by atoms with Crippen LogP contribution in [0.15, 0.2) is 59.8 Å². The molecule has 0 radical (unpaired) electrons. The van der Waals surface area contributed by atoms with E-state index in [9.17, 15) is 39.3 Å². The van der Waals surface area contributed by atoms with E-state index in [0.29, 0.717) is 62.4 Å². The van der Waals surface area contributed by atoms with Gasteiger partial charge >= 0.3 is 5.97 Å². The average molecular weight is 1040 g/mol. The van der Waals surface area contributed by atoms with Crippen LogP contribution in [0.25, 0.3) is 0 Å². The molecular weight excluding hydrogens is 943 g/mol. The van der Waals surface area contributed by atoms with Crippen molar-refractivity contribution in [1.82, 2.24) is 4.90 Å². The fourth-order valence-corrected chi connectivity index (χ4v) is 11.6. The average Bonchev–Trinajstić information content (AvgIpc) is 3.39. The van der Waals surface area contributed by atoms with Gasteiger partial charge in [0.25, 0.3) is 11.7 Å². The van der Waals surface area contributed by atoms with Crippen LogP contribution in [-0.2, 0) is 47.7 Å². The van der Waals surface area contributed by atoms with Crippen LogP contribution in [0, 0.1) is 41.4 Å². The molecule has 0 aromatic heterocycles. The third kappa shape index (κ3) is 18.8. The molecule has 14 nitrogen and oxygen atoms in total. The van der Waals surface area contributed by atoms with E-state index in [1.54, 1.807) is 47.1 Å². The summed E-state index contributed by atoms with van der Waals surface area (Å²) >= 11 is 0. The number of carbonyl (C=O) groups excluding carboxylic acids is 5. The lowest BCUT2D eigenvalue weighted by molar-refractivity contribution is -0.265. The van der Waals surface area contributed by atoms with Gasteiger partial charge in [0, 0.05) is 52.0 Å². The van der Waals surface area contributed by atoms with Gasteiger partial charge in [0.15, 0.2) is 11.6 Å². The van der Waals surface area contributed by atoms with Crippen LogP contribution < -0.4 is 0 Å². The Kier molecular flexibility index (Phi) is 26.8. The van der Waals surface area contributed by atoms with Gasteiger partial charge in [-0.2, -0.15) is 0 Å². The highest BCUT2D eigenvalue weighted by Gasteiger charge is 2.53. The Morgan fingerprint density at radius 2 is 1.51 bits per heavy atom. The second-order valence-electron chi connectivity index (χ2n) is 22.5. The minimum Gasteiger partial charge on any atom is -0.464 e. The second kappa shape index (κ2) is 31.6. The molecule has 14 atom stereocenters. The molecule has 2 saturated heterocycles. The van der Waals surface area contributed by atoms with Crippen molar-refractivity contribution in [3.8, 4) is 0 Å². The number of nitrogens with zero attached hydrogens (tertiary/aromatic N) is 1. The molecule has 418 valence electrons. The maximum absolute atomic E-state index is 13.9. The van der Waals surface area contributed by atoms with Gasteiger partial charge in [-0.05, 0) is 132 Å². The van der Waals surface area contributed by atoms with E-state index in [1.165, 1.54) is 44.1 Å². The fraction of sp³-hybridized carbons (Fsp3) is 0.750. The first-order valence-electron chi connectivity index (χ1n) is 28.1. The van der Waals surface area contributed by atoms with Crippen LogP contribution in [0.5, 0.6) is 0 Å². The number of rotatable bonds is 28. The number of Topliss-reactive ketones (excluding diaryl/α,β-unsaturated/α-hetero) is 2. The maximum atomic E-state index is 13.9. The van der Waals surface area contributed by atoms with Gasteiger partial charge in [-0.1, -0.05) is 109 Å². The number of allylic oxidation sites excluding steroid dienone is 8. The first kappa shape index (κ1) is 62.9. The summed E-state index contributed by atoms with van der Waals surface area (Å²) in [6.07, 6.45) is 26.0. The van der Waals surface area contributed by atoms with Crippen LogP contribution in [0.4, 0.5) is 0 Å². The molecule has 0 aromatic rings. The SMILES string of the molecule is CO[C@@H](C[C@@H]1CC[C@@H](C)[C@](O)(C(=O)C(=O)N2CCCC[C@H]2C(=O)OCCCC2CCCCC2)O1)/C(C)=C/C=C/C=C/[C@@H](C)C[C@@H](C)C(=O)[C@H](OC)[C@H](O)/C(C)=C/[C@@H](C)C(=O)/C=C/[C@H](C)C[C@@H]1CC[C@@H](O)[C@H](OC)C1. The number of ether oxygens (including phenoxy) is 5. The van der Waals surface area contributed by atoms with Gasteiger partial charge in [-0.3, -0.25) is 19.2 Å². The summed E-state index contributed by atoms with van der Waals surface area (Å²) in [5, 5.41) is 33.2. The number of aliphatic hydroxyl groups excluding tert-OH is 2. The molecule has 2 aliphatic carbocycles. The number of amides is 1. The quantitative estimate of drug-likeness (QED) is 0.0168. The zero-order valence-corrected chi connectivity index (χ0v) is 46.7. The summed E-state index contributed by atoms with van der Waals surface area (Å²) in [5.41, 5.74) is 1.38. The standard InChI is InChI=1S/C60H95NO13/c1-39(34-43(5)54(64)56(72-10)55(65)44(6)36-42(4)50(62)30-26-40(2)35-47-28-31-51(63)53(37-47)71-9)20-13-11-14-21-41(3)52(70-8)38-48-29-27-45(7)60(69,74-48)57(66)58(67)61-32-18-17-25-49(61)59(68)73-33-19-24-46-22-15-12-16-23-46/h11,13-14,20-21,26,30,36,39-40,42-43,45-49,51-53,55-56,63,65,69H,12,15-19,22-25,27-29,31-35,37-38H2,1-10H3/b14-11+,20-13+,30-26+,41-21+,44-36+/t39-,40+,42-,43-,45-,47+,48+,49+,51-,52+,53-,55-,56+,60-/m1/s1. The minimum atomic E-state index is -2.35. The predicted octanol–water partition coefficient (Wildman–Crippen LogP) is 9.33. The number of piperidine rings is 1. The summed E-state index contributed by atoms with van der Waals surface area (Å²) in [4.78, 5) is 69.0. The Morgan fingerprint density at radius 3 is 2.20 bits per heavy atom. The molecule has 0 unspecified atom stereocenters. The van der Waals surface area contributed by atoms with Gasteiger partial charge < -0.3 is 43.9 Å². The molecule has 4 aliphatic rings. The normalized spacial score (nSPS) is 28.7. The summed E-state index contributed by atoms with van der Waals surface area (Å²) in [6, 6.07) is -0.872. The number of likely N-dealkylation sites (tertiary alicyclic amines) is 1. The molecule has 74 heavy (non-hydrogen) atoms. The van der Waals surface area contributed by atoms with Crippen molar-refractivity contribution in [3.05, 3.63) is 59.8 Å². The first-order chi connectivity index (χ1) is 35.2. The van der Waals surface area contributed by atoms with Crippen molar-refractivity contribution in [3.63, 3.8) is 0 Å². The van der Waals surface area contributed by atoms with Crippen LogP contribution in [0.1, 0.15) is 164 Å². The number of esters is 1. The maximum Gasteiger partial charge on any atom is 0.328 e. The molecule has 4 fully saturated rings. The van der Waals surface area contributed by atoms with Crippen molar-refractivity contribution in [2.75, 3.05) is 34.5 Å². The molecule has 14 heteroatoms. The third-order valence-electron chi connectivity index (χ3n) is 16.4. The topological polar surface area (TPSA) is 195 Å². The van der Waals surface area contributed by atoms with E-state index in [1.807, 2.05) is 57.2 Å². The lowest BCUT2D eigenvalue weighted by Crippen LogP contribution is -2.60. The van der Waals surface area contributed by atoms with Crippen molar-refractivity contribution >= 4 is 29.2 Å². The summed E-state index contributed by atoms with van der Waals surface area (Å²) in [5.74, 6) is -5.40. The molecule has 0 bridgehead atoms. The van der Waals surface area contributed by atoms with Crippen LogP contribution in [0.3, 0.4) is 0 Å². The number of hydrogen-bond donors (Lipinski definition) is 3. The zero-order valence-electron chi connectivity index (χ0n) is 46.7. The van der Waals surface area contributed by atoms with E-state index in [4.69, 9.17) is 23.7 Å². The van der Waals surface area contributed by atoms with Crippen LogP contribution in [-0.4, -0.2) is 132 Å². The molecule has 4 rings (SSSR count). The van der Waals surface area contributed by atoms with Crippen molar-refractivity contribution < 1.29 is 63.0 Å². The fourth-order valence-electron chi connectivity index (χ4n) is 11.6. The Hall–Kier alpha value is -3.63. The summed E-state index contributed by atoms with van der Waals surface area (Å²) in [7, 11) is 4.63. The Labute approximate surface area is 443 Å². The number of aliphatic hydroxyl groups is 3. The molecule has 0 spiro atoms. The van der Waals surface area contributed by atoms with Crippen molar-refractivity contribution in [2.24, 2.45) is 41.4 Å². The molecule has 0 aromatic carbocycles. The third-order valence-corrected chi connectivity index (χ3v) is 16.4. The predicted molar refractivity (Wildman–Crippen MR) is 287 cm³/mol. The van der Waals surface area contributed by atoms with E-state index in [2.05, 4.69) is 6.92 Å². The molecular formula is C60H95NO13. The van der Waals surface area contributed by atoms with E-state index >= 15 is 0 Å². The van der Waals surface area contributed by atoms with Gasteiger partial charge in [-0.25, -0.2) is 4.79 Å².